The summed E-state index contributed by atoms with van der Waals surface area (Å²) in [5, 5.41) is 14.7. The van der Waals surface area contributed by atoms with E-state index in [1.54, 1.807) is 0 Å². The summed E-state index contributed by atoms with van der Waals surface area (Å²) in [4.78, 5) is 27.2. The van der Waals surface area contributed by atoms with Gasteiger partial charge in [-0.2, -0.15) is 0 Å². The number of nitro groups is 1. The standard InChI is InChI=1S/C19H20Cl2N4O3/c20-15-3-1-14(2-4-15)12-23-7-9-24(10-8-23)13-19(26)22-17-6-5-16(21)11-18(17)25(27)28/h1-6,11H,7-10,12-13H2,(H,22,26). The largest absolute Gasteiger partial charge is 0.319 e. The highest BCUT2D eigenvalue weighted by Gasteiger charge is 2.21. The highest BCUT2D eigenvalue weighted by molar-refractivity contribution is 6.31. The van der Waals surface area contributed by atoms with Crippen LogP contribution in [0.4, 0.5) is 11.4 Å². The zero-order valence-corrected chi connectivity index (χ0v) is 16.6. The Morgan fingerprint density at radius 1 is 1.00 bits per heavy atom. The smallest absolute Gasteiger partial charge is 0.294 e. The molecule has 0 aliphatic carbocycles. The van der Waals surface area contributed by atoms with Gasteiger partial charge in [-0.15, -0.1) is 0 Å². The summed E-state index contributed by atoms with van der Waals surface area (Å²) >= 11 is 11.7. The number of anilines is 1. The molecule has 9 heteroatoms. The molecule has 2 aromatic rings. The normalized spacial score (nSPS) is 15.4. The molecule has 0 spiro atoms. The highest BCUT2D eigenvalue weighted by atomic mass is 35.5. The number of hydrogen-bond donors (Lipinski definition) is 1. The number of carbonyl (C=O) groups excluding carboxylic acids is 1. The Morgan fingerprint density at radius 3 is 2.25 bits per heavy atom. The van der Waals surface area contributed by atoms with Gasteiger partial charge >= 0.3 is 0 Å². The van der Waals surface area contributed by atoms with Crippen molar-refractivity contribution in [3.05, 3.63) is 68.2 Å². The first kappa shape index (κ1) is 20.5. The van der Waals surface area contributed by atoms with E-state index in [1.165, 1.54) is 23.8 Å². The molecule has 1 heterocycles. The molecule has 3 rings (SSSR count). The van der Waals surface area contributed by atoms with Crippen LogP contribution < -0.4 is 5.32 Å². The fraction of sp³-hybridized carbons (Fsp3) is 0.316. The zero-order valence-electron chi connectivity index (χ0n) is 15.1. The molecule has 1 amide bonds. The van der Waals surface area contributed by atoms with Crippen LogP contribution in [0.5, 0.6) is 0 Å². The van der Waals surface area contributed by atoms with E-state index in [9.17, 15) is 14.9 Å². The number of carbonyl (C=O) groups is 1. The Hall–Kier alpha value is -2.19. The lowest BCUT2D eigenvalue weighted by Gasteiger charge is -2.34. The fourth-order valence-corrected chi connectivity index (χ4v) is 3.40. The maximum Gasteiger partial charge on any atom is 0.294 e. The van der Waals surface area contributed by atoms with Crippen molar-refractivity contribution in [3.8, 4) is 0 Å². The van der Waals surface area contributed by atoms with Crippen molar-refractivity contribution in [2.75, 3.05) is 38.0 Å². The monoisotopic (exact) mass is 422 g/mol. The maximum absolute atomic E-state index is 12.3. The Labute approximate surface area is 173 Å². The van der Waals surface area contributed by atoms with E-state index in [0.717, 1.165) is 37.7 Å². The number of nitrogens with one attached hydrogen (secondary N) is 1. The molecule has 0 bridgehead atoms. The van der Waals surface area contributed by atoms with Crippen molar-refractivity contribution in [2.45, 2.75) is 6.54 Å². The van der Waals surface area contributed by atoms with Crippen LogP contribution in [0.3, 0.4) is 0 Å². The Morgan fingerprint density at radius 2 is 1.61 bits per heavy atom. The van der Waals surface area contributed by atoms with Gasteiger partial charge in [0.15, 0.2) is 0 Å². The Bertz CT molecular complexity index is 853. The molecule has 0 radical (unpaired) electrons. The maximum atomic E-state index is 12.3. The summed E-state index contributed by atoms with van der Waals surface area (Å²) in [5.74, 6) is -0.281. The summed E-state index contributed by atoms with van der Waals surface area (Å²) in [6.07, 6.45) is 0. The number of halogens is 2. The molecule has 1 fully saturated rings. The van der Waals surface area contributed by atoms with E-state index in [1.807, 2.05) is 29.2 Å². The molecule has 1 saturated heterocycles. The second-order valence-corrected chi connectivity index (χ2v) is 7.52. The van der Waals surface area contributed by atoms with Crippen molar-refractivity contribution in [1.82, 2.24) is 9.80 Å². The third-order valence-electron chi connectivity index (χ3n) is 4.58. The molecule has 148 valence electrons. The van der Waals surface area contributed by atoms with E-state index < -0.39 is 4.92 Å². The Balaban J connectivity index is 1.49. The topological polar surface area (TPSA) is 78.7 Å². The van der Waals surface area contributed by atoms with E-state index in [0.29, 0.717) is 0 Å². The third-order valence-corrected chi connectivity index (χ3v) is 5.07. The summed E-state index contributed by atoms with van der Waals surface area (Å²) in [7, 11) is 0. The van der Waals surface area contributed by atoms with E-state index >= 15 is 0 Å². The first-order valence-electron chi connectivity index (χ1n) is 8.83. The number of nitrogens with zero attached hydrogens (tertiary/aromatic N) is 3. The van der Waals surface area contributed by atoms with Gasteiger partial charge in [0.1, 0.15) is 5.69 Å². The van der Waals surface area contributed by atoms with Gasteiger partial charge in [-0.1, -0.05) is 35.3 Å². The lowest BCUT2D eigenvalue weighted by molar-refractivity contribution is -0.383. The Kier molecular flexibility index (Phi) is 6.85. The minimum atomic E-state index is -0.559. The van der Waals surface area contributed by atoms with Gasteiger partial charge in [-0.3, -0.25) is 24.7 Å². The molecular formula is C19H20Cl2N4O3. The molecule has 1 aliphatic heterocycles. The van der Waals surface area contributed by atoms with Crippen LogP contribution in [-0.4, -0.2) is 53.4 Å². The number of benzene rings is 2. The van der Waals surface area contributed by atoms with E-state index in [4.69, 9.17) is 23.2 Å². The molecule has 1 aliphatic rings. The lowest BCUT2D eigenvalue weighted by Crippen LogP contribution is -2.48. The first-order chi connectivity index (χ1) is 13.4. The summed E-state index contributed by atoms with van der Waals surface area (Å²) in [5.41, 5.74) is 1.14. The van der Waals surface area contributed by atoms with Crippen LogP contribution >= 0.6 is 23.2 Å². The van der Waals surface area contributed by atoms with Crippen molar-refractivity contribution in [1.29, 1.82) is 0 Å². The molecule has 28 heavy (non-hydrogen) atoms. The van der Waals surface area contributed by atoms with Gasteiger partial charge in [0, 0.05) is 48.8 Å². The van der Waals surface area contributed by atoms with Crippen LogP contribution in [0.1, 0.15) is 5.56 Å². The molecule has 0 aromatic heterocycles. The molecule has 0 atom stereocenters. The molecule has 7 nitrogen and oxygen atoms in total. The average molecular weight is 423 g/mol. The predicted octanol–water partition coefficient (Wildman–Crippen LogP) is 3.66. The summed E-state index contributed by atoms with van der Waals surface area (Å²) in [6, 6.07) is 12.0. The van der Waals surface area contributed by atoms with Crippen molar-refractivity contribution in [3.63, 3.8) is 0 Å². The van der Waals surface area contributed by atoms with Gasteiger partial charge in [0.25, 0.3) is 5.69 Å². The van der Waals surface area contributed by atoms with Crippen LogP contribution in [0.15, 0.2) is 42.5 Å². The fourth-order valence-electron chi connectivity index (χ4n) is 3.11. The van der Waals surface area contributed by atoms with Crippen LogP contribution in [0.25, 0.3) is 0 Å². The first-order valence-corrected chi connectivity index (χ1v) is 9.59. The van der Waals surface area contributed by atoms with Crippen molar-refractivity contribution < 1.29 is 9.72 Å². The minimum absolute atomic E-state index is 0.153. The number of hydrogen-bond acceptors (Lipinski definition) is 5. The van der Waals surface area contributed by atoms with Crippen LogP contribution in [-0.2, 0) is 11.3 Å². The van der Waals surface area contributed by atoms with Gasteiger partial charge < -0.3 is 5.32 Å². The molecule has 2 aromatic carbocycles. The van der Waals surface area contributed by atoms with E-state index in [-0.39, 0.29) is 28.8 Å². The lowest BCUT2D eigenvalue weighted by atomic mass is 10.2. The number of nitro benzene ring substituents is 1. The predicted molar refractivity (Wildman–Crippen MR) is 110 cm³/mol. The van der Waals surface area contributed by atoms with Crippen molar-refractivity contribution in [2.24, 2.45) is 0 Å². The minimum Gasteiger partial charge on any atom is -0.319 e. The third kappa shape index (κ3) is 5.65. The van der Waals surface area contributed by atoms with Gasteiger partial charge in [0.05, 0.1) is 11.5 Å². The summed E-state index contributed by atoms with van der Waals surface area (Å²) in [6.45, 7) is 4.23. The quantitative estimate of drug-likeness (QED) is 0.567. The number of piperazine rings is 1. The summed E-state index contributed by atoms with van der Waals surface area (Å²) < 4.78 is 0. The van der Waals surface area contributed by atoms with Crippen molar-refractivity contribution >= 4 is 40.5 Å². The van der Waals surface area contributed by atoms with Gasteiger partial charge in [-0.25, -0.2) is 0 Å². The van der Waals surface area contributed by atoms with E-state index in [2.05, 4.69) is 10.2 Å². The van der Waals surface area contributed by atoms with Gasteiger partial charge in [-0.05, 0) is 29.8 Å². The van der Waals surface area contributed by atoms with Gasteiger partial charge in [0.2, 0.25) is 5.91 Å². The SMILES string of the molecule is O=C(CN1CCN(Cc2ccc(Cl)cc2)CC1)Nc1ccc(Cl)cc1[N+](=O)[O-]. The molecule has 0 saturated carbocycles. The number of rotatable bonds is 6. The van der Waals surface area contributed by atoms with Crippen LogP contribution in [0.2, 0.25) is 10.0 Å². The zero-order chi connectivity index (χ0) is 20.1. The average Bonchev–Trinajstić information content (AvgIpc) is 2.66. The highest BCUT2D eigenvalue weighted by Crippen LogP contribution is 2.27. The number of amides is 1. The molecule has 1 N–H and O–H groups in total. The second kappa shape index (κ2) is 9.34. The van der Waals surface area contributed by atoms with Crippen LogP contribution in [0, 0.1) is 10.1 Å². The second-order valence-electron chi connectivity index (χ2n) is 6.65. The molecule has 0 unspecified atom stereocenters. The molecular weight excluding hydrogens is 403 g/mol.